The maximum Gasteiger partial charge on any atom is -0.00173 e. The summed E-state index contributed by atoms with van der Waals surface area (Å²) in [5.74, 6) is 2.63. The molecule has 0 bridgehead atoms. The molecule has 3 rings (SSSR count). The number of hydrogen-bond acceptors (Lipinski definition) is 1. The Morgan fingerprint density at radius 1 is 1.00 bits per heavy atom. The highest BCUT2D eigenvalue weighted by Gasteiger charge is 2.19. The molecule has 0 aromatic heterocycles. The highest BCUT2D eigenvalue weighted by molar-refractivity contribution is 5.26. The molecule has 0 radical (unpaired) electrons. The summed E-state index contributed by atoms with van der Waals surface area (Å²) in [6.07, 6.45) is 9.63. The molecule has 0 amide bonds. The summed E-state index contributed by atoms with van der Waals surface area (Å²) < 4.78 is 0. The third-order valence-electron chi connectivity index (χ3n) is 5.39. The minimum absolute atomic E-state index is 0.830. The van der Waals surface area contributed by atoms with Crippen LogP contribution >= 0.6 is 0 Å². The van der Waals surface area contributed by atoms with Crippen molar-refractivity contribution in [2.24, 2.45) is 11.8 Å². The van der Waals surface area contributed by atoms with E-state index in [1.165, 1.54) is 63.6 Å². The molecule has 2 fully saturated rings. The van der Waals surface area contributed by atoms with Gasteiger partial charge in [0.25, 0.3) is 0 Å². The van der Waals surface area contributed by atoms with Crippen molar-refractivity contribution in [2.75, 3.05) is 13.1 Å². The largest absolute Gasteiger partial charge is 0.316 e. The predicted octanol–water partition coefficient (Wildman–Crippen LogP) is 4.52. The fraction of sp³-hybridized carbons (Fsp3) is 0.684. The molecule has 1 unspecified atom stereocenters. The summed E-state index contributed by atoms with van der Waals surface area (Å²) in [5.41, 5.74) is 3.12. The number of hydrogen-bond donors (Lipinski definition) is 1. The van der Waals surface area contributed by atoms with Crippen LogP contribution in [0.3, 0.4) is 0 Å². The van der Waals surface area contributed by atoms with Crippen LogP contribution in [-0.2, 0) is 6.42 Å². The van der Waals surface area contributed by atoms with Crippen molar-refractivity contribution in [3.8, 4) is 0 Å². The van der Waals surface area contributed by atoms with Crippen molar-refractivity contribution in [1.82, 2.24) is 5.32 Å². The van der Waals surface area contributed by atoms with Gasteiger partial charge in [-0.2, -0.15) is 0 Å². The van der Waals surface area contributed by atoms with Gasteiger partial charge in [0.1, 0.15) is 0 Å². The first kappa shape index (κ1) is 14.1. The summed E-state index contributed by atoms with van der Waals surface area (Å²) in [4.78, 5) is 0. The molecule has 1 atom stereocenters. The Hall–Kier alpha value is -0.820. The Balaban J connectivity index is 1.56. The molecule has 1 heterocycles. The Bertz CT molecular complexity index is 394. The highest BCUT2D eigenvalue weighted by Crippen LogP contribution is 2.35. The van der Waals surface area contributed by atoms with E-state index < -0.39 is 0 Å². The van der Waals surface area contributed by atoms with Crippen LogP contribution in [0.1, 0.15) is 62.5 Å². The quantitative estimate of drug-likeness (QED) is 0.852. The van der Waals surface area contributed by atoms with Gasteiger partial charge in [0.2, 0.25) is 0 Å². The molecule has 1 saturated carbocycles. The molecule has 1 aliphatic heterocycles. The fourth-order valence-electron chi connectivity index (χ4n) is 3.95. The third-order valence-corrected chi connectivity index (χ3v) is 5.39. The standard InChI is InChI=1S/C19H29N/c1-15-4-8-18(9-5-15)19-10-6-16(7-11-19)13-17-3-2-12-20-14-17/h6-7,10-11,15,17-18,20H,2-5,8-9,12-14H2,1H3. The molecule has 1 nitrogen and oxygen atoms in total. The average molecular weight is 271 g/mol. The van der Waals surface area contributed by atoms with Crippen molar-refractivity contribution in [1.29, 1.82) is 0 Å². The van der Waals surface area contributed by atoms with Crippen LogP contribution in [0.5, 0.6) is 0 Å². The zero-order valence-electron chi connectivity index (χ0n) is 12.9. The van der Waals surface area contributed by atoms with E-state index in [2.05, 4.69) is 36.5 Å². The fourth-order valence-corrected chi connectivity index (χ4v) is 3.95. The molecule has 1 aliphatic carbocycles. The smallest absolute Gasteiger partial charge is 0.00173 e. The maximum absolute atomic E-state index is 3.52. The van der Waals surface area contributed by atoms with Gasteiger partial charge in [-0.3, -0.25) is 0 Å². The van der Waals surface area contributed by atoms with Gasteiger partial charge in [0.15, 0.2) is 0 Å². The van der Waals surface area contributed by atoms with E-state index >= 15 is 0 Å². The lowest BCUT2D eigenvalue weighted by Gasteiger charge is -2.27. The normalized spacial score (nSPS) is 31.1. The summed E-state index contributed by atoms with van der Waals surface area (Å²) in [6.45, 7) is 4.83. The first-order chi connectivity index (χ1) is 9.81. The van der Waals surface area contributed by atoms with Gasteiger partial charge in [0, 0.05) is 0 Å². The number of rotatable bonds is 3. The second-order valence-corrected chi connectivity index (χ2v) is 7.11. The lowest BCUT2D eigenvalue weighted by molar-refractivity contribution is 0.348. The zero-order valence-corrected chi connectivity index (χ0v) is 12.9. The van der Waals surface area contributed by atoms with Crippen molar-refractivity contribution >= 4 is 0 Å². The molecule has 1 aromatic rings. The Kier molecular flexibility index (Phi) is 4.77. The molecular weight excluding hydrogens is 242 g/mol. The van der Waals surface area contributed by atoms with E-state index in [9.17, 15) is 0 Å². The predicted molar refractivity (Wildman–Crippen MR) is 86.1 cm³/mol. The number of nitrogens with one attached hydrogen (secondary N) is 1. The van der Waals surface area contributed by atoms with Crippen LogP contribution in [-0.4, -0.2) is 13.1 Å². The van der Waals surface area contributed by atoms with Crippen molar-refractivity contribution in [3.63, 3.8) is 0 Å². The van der Waals surface area contributed by atoms with E-state index in [-0.39, 0.29) is 0 Å². The number of benzene rings is 1. The van der Waals surface area contributed by atoms with E-state index in [1.54, 1.807) is 5.56 Å². The maximum atomic E-state index is 3.52. The van der Waals surface area contributed by atoms with Crippen LogP contribution in [0, 0.1) is 11.8 Å². The Morgan fingerprint density at radius 3 is 2.40 bits per heavy atom. The molecule has 1 N–H and O–H groups in total. The molecule has 1 saturated heterocycles. The van der Waals surface area contributed by atoms with E-state index in [0.717, 1.165) is 17.8 Å². The molecular formula is C19H29N. The van der Waals surface area contributed by atoms with Gasteiger partial charge in [-0.15, -0.1) is 0 Å². The van der Waals surface area contributed by atoms with Gasteiger partial charge in [0.05, 0.1) is 0 Å². The molecule has 2 aliphatic rings. The zero-order chi connectivity index (χ0) is 13.8. The van der Waals surface area contributed by atoms with Gasteiger partial charge < -0.3 is 5.32 Å². The van der Waals surface area contributed by atoms with Crippen LogP contribution in [0.4, 0.5) is 0 Å². The summed E-state index contributed by atoms with van der Waals surface area (Å²) in [7, 11) is 0. The summed E-state index contributed by atoms with van der Waals surface area (Å²) >= 11 is 0. The van der Waals surface area contributed by atoms with Crippen molar-refractivity contribution in [3.05, 3.63) is 35.4 Å². The third kappa shape index (κ3) is 3.63. The van der Waals surface area contributed by atoms with Crippen molar-refractivity contribution < 1.29 is 0 Å². The van der Waals surface area contributed by atoms with Crippen molar-refractivity contribution in [2.45, 2.75) is 57.8 Å². The van der Waals surface area contributed by atoms with E-state index in [0.29, 0.717) is 0 Å². The monoisotopic (exact) mass is 271 g/mol. The highest BCUT2D eigenvalue weighted by atomic mass is 14.9. The Labute approximate surface area is 124 Å². The first-order valence-corrected chi connectivity index (χ1v) is 8.61. The lowest BCUT2D eigenvalue weighted by atomic mass is 9.79. The summed E-state index contributed by atoms with van der Waals surface area (Å²) in [6, 6.07) is 9.60. The van der Waals surface area contributed by atoms with Crippen LogP contribution in [0.2, 0.25) is 0 Å². The molecule has 0 spiro atoms. The van der Waals surface area contributed by atoms with Crippen LogP contribution in [0.15, 0.2) is 24.3 Å². The molecule has 1 aromatic carbocycles. The first-order valence-electron chi connectivity index (χ1n) is 8.61. The minimum Gasteiger partial charge on any atom is -0.316 e. The molecule has 20 heavy (non-hydrogen) atoms. The number of piperidine rings is 1. The van der Waals surface area contributed by atoms with E-state index in [1.807, 2.05) is 0 Å². The Morgan fingerprint density at radius 2 is 1.75 bits per heavy atom. The second kappa shape index (κ2) is 6.76. The van der Waals surface area contributed by atoms with E-state index in [4.69, 9.17) is 0 Å². The van der Waals surface area contributed by atoms with Gasteiger partial charge in [-0.1, -0.05) is 44.0 Å². The topological polar surface area (TPSA) is 12.0 Å². The van der Waals surface area contributed by atoms with Crippen LogP contribution in [0.25, 0.3) is 0 Å². The molecule has 1 heteroatoms. The second-order valence-electron chi connectivity index (χ2n) is 7.11. The van der Waals surface area contributed by atoms with Gasteiger partial charge in [-0.05, 0) is 74.1 Å². The average Bonchev–Trinajstić information content (AvgIpc) is 2.50. The SMILES string of the molecule is CC1CCC(c2ccc(CC3CCCNC3)cc2)CC1. The molecule has 110 valence electrons. The summed E-state index contributed by atoms with van der Waals surface area (Å²) in [5, 5.41) is 3.52. The van der Waals surface area contributed by atoms with Gasteiger partial charge >= 0.3 is 0 Å². The lowest BCUT2D eigenvalue weighted by Crippen LogP contribution is -2.30. The minimum atomic E-state index is 0.830. The van der Waals surface area contributed by atoms with Gasteiger partial charge in [-0.25, -0.2) is 0 Å². The van der Waals surface area contributed by atoms with Crippen LogP contribution < -0.4 is 5.32 Å².